The molecule has 0 fully saturated rings. The number of allylic oxidation sites excluding steroid dienone is 2. The van der Waals surface area contributed by atoms with Crippen molar-refractivity contribution in [3.63, 3.8) is 0 Å². The maximum absolute atomic E-state index is 4.62. The number of aliphatic imine (C=N–C) groups is 1. The average Bonchev–Trinajstić information content (AvgIpc) is 3.23. The molecular weight excluding hydrogens is 408 g/mol. The van der Waals surface area contributed by atoms with Gasteiger partial charge in [-0.15, -0.1) is 0 Å². The molecule has 0 spiro atoms. The quantitative estimate of drug-likeness (QED) is 0.351. The fourth-order valence-corrected chi connectivity index (χ4v) is 4.60. The lowest BCUT2D eigenvalue weighted by atomic mass is 9.77. The minimum absolute atomic E-state index is 0.333. The van der Waals surface area contributed by atoms with Crippen molar-refractivity contribution in [1.29, 1.82) is 0 Å². The molecular formula is C25H21BrN2. The summed E-state index contributed by atoms with van der Waals surface area (Å²) in [5.41, 5.74) is 6.09. The number of nitrogens with one attached hydrogen (secondary N) is 1. The SMILES string of the molecule is Brc1ccc(C=Nc2ccc(C3Nc4ccccc4C4C=CCC43)cc2)cc1. The Morgan fingerprint density at radius 1 is 0.929 bits per heavy atom. The van der Waals surface area contributed by atoms with E-state index >= 15 is 0 Å². The second-order valence-electron chi connectivity index (χ2n) is 7.46. The van der Waals surface area contributed by atoms with Crippen molar-refractivity contribution >= 4 is 33.5 Å². The van der Waals surface area contributed by atoms with E-state index in [4.69, 9.17) is 0 Å². The Balaban J connectivity index is 1.38. The predicted molar refractivity (Wildman–Crippen MR) is 121 cm³/mol. The summed E-state index contributed by atoms with van der Waals surface area (Å²) in [7, 11) is 0. The molecule has 3 atom stereocenters. The maximum atomic E-state index is 4.62. The molecule has 0 aromatic heterocycles. The summed E-state index contributed by atoms with van der Waals surface area (Å²) >= 11 is 3.46. The number of fused-ring (bicyclic) bond motifs is 3. The maximum Gasteiger partial charge on any atom is 0.0630 e. The smallest absolute Gasteiger partial charge is 0.0630 e. The van der Waals surface area contributed by atoms with Crippen LogP contribution in [0.3, 0.4) is 0 Å². The van der Waals surface area contributed by atoms with E-state index in [0.717, 1.165) is 22.1 Å². The first-order chi connectivity index (χ1) is 13.8. The number of hydrogen-bond donors (Lipinski definition) is 1. The van der Waals surface area contributed by atoms with E-state index < -0.39 is 0 Å². The minimum Gasteiger partial charge on any atom is -0.378 e. The number of benzene rings is 3. The lowest BCUT2D eigenvalue weighted by Crippen LogP contribution is -2.28. The summed E-state index contributed by atoms with van der Waals surface area (Å²) in [5.74, 6) is 1.09. The Hall–Kier alpha value is -2.65. The van der Waals surface area contributed by atoms with Crippen LogP contribution in [-0.2, 0) is 0 Å². The van der Waals surface area contributed by atoms with Crippen LogP contribution in [0.15, 0.2) is 94.4 Å². The molecule has 2 aliphatic rings. The van der Waals surface area contributed by atoms with Crippen molar-refractivity contribution in [2.75, 3.05) is 5.32 Å². The molecule has 0 saturated heterocycles. The molecule has 3 heteroatoms. The second-order valence-corrected chi connectivity index (χ2v) is 8.38. The van der Waals surface area contributed by atoms with Gasteiger partial charge in [-0.25, -0.2) is 0 Å². The summed E-state index contributed by atoms with van der Waals surface area (Å²) in [6, 6.07) is 25.9. The molecule has 0 radical (unpaired) electrons. The van der Waals surface area contributed by atoms with Crippen LogP contribution in [0, 0.1) is 5.92 Å². The molecule has 2 nitrogen and oxygen atoms in total. The van der Waals surface area contributed by atoms with Gasteiger partial charge < -0.3 is 5.32 Å². The third-order valence-electron chi connectivity index (χ3n) is 5.76. The zero-order valence-corrected chi connectivity index (χ0v) is 17.0. The van der Waals surface area contributed by atoms with Gasteiger partial charge in [0.2, 0.25) is 0 Å². The molecule has 1 aliphatic heterocycles. The summed E-state index contributed by atoms with van der Waals surface area (Å²) in [5, 5.41) is 3.78. The van der Waals surface area contributed by atoms with Gasteiger partial charge in [0.1, 0.15) is 0 Å². The van der Waals surface area contributed by atoms with Crippen LogP contribution in [0.4, 0.5) is 11.4 Å². The Morgan fingerprint density at radius 3 is 2.54 bits per heavy atom. The highest BCUT2D eigenvalue weighted by atomic mass is 79.9. The third kappa shape index (κ3) is 3.31. The van der Waals surface area contributed by atoms with E-state index in [1.807, 2.05) is 18.3 Å². The summed E-state index contributed by atoms with van der Waals surface area (Å²) in [4.78, 5) is 4.62. The van der Waals surface area contributed by atoms with Gasteiger partial charge in [0.25, 0.3) is 0 Å². The van der Waals surface area contributed by atoms with E-state index in [0.29, 0.717) is 17.9 Å². The average molecular weight is 429 g/mol. The van der Waals surface area contributed by atoms with Crippen LogP contribution in [0.25, 0.3) is 0 Å². The Labute approximate surface area is 174 Å². The fraction of sp³-hybridized carbons (Fsp3) is 0.160. The number of halogens is 1. The van der Waals surface area contributed by atoms with Gasteiger partial charge in [0, 0.05) is 22.3 Å². The molecule has 3 unspecified atom stereocenters. The number of nitrogens with zero attached hydrogens (tertiary/aromatic N) is 1. The largest absolute Gasteiger partial charge is 0.378 e. The molecule has 1 heterocycles. The normalized spacial score (nSPS) is 22.7. The first-order valence-corrected chi connectivity index (χ1v) is 10.5. The highest BCUT2D eigenvalue weighted by Gasteiger charge is 2.37. The molecule has 138 valence electrons. The third-order valence-corrected chi connectivity index (χ3v) is 6.29. The van der Waals surface area contributed by atoms with Crippen LogP contribution in [0.5, 0.6) is 0 Å². The van der Waals surface area contributed by atoms with Crippen LogP contribution in [-0.4, -0.2) is 6.21 Å². The van der Waals surface area contributed by atoms with E-state index in [1.54, 1.807) is 0 Å². The van der Waals surface area contributed by atoms with Gasteiger partial charge >= 0.3 is 0 Å². The lowest BCUT2D eigenvalue weighted by molar-refractivity contribution is 0.425. The minimum atomic E-state index is 0.333. The number of anilines is 1. The zero-order valence-electron chi connectivity index (χ0n) is 15.4. The fourth-order valence-electron chi connectivity index (χ4n) is 4.34. The predicted octanol–water partition coefficient (Wildman–Crippen LogP) is 7.03. The number of para-hydroxylation sites is 1. The molecule has 0 bridgehead atoms. The van der Waals surface area contributed by atoms with Gasteiger partial charge in [0.05, 0.1) is 11.7 Å². The molecule has 3 aromatic carbocycles. The topological polar surface area (TPSA) is 24.4 Å². The van der Waals surface area contributed by atoms with Crippen molar-refractivity contribution in [3.05, 3.63) is 106 Å². The molecule has 28 heavy (non-hydrogen) atoms. The van der Waals surface area contributed by atoms with Crippen LogP contribution >= 0.6 is 15.9 Å². The van der Waals surface area contributed by atoms with Crippen molar-refractivity contribution in [1.82, 2.24) is 0 Å². The molecule has 0 amide bonds. The van der Waals surface area contributed by atoms with Gasteiger partial charge in [-0.1, -0.05) is 70.5 Å². The molecule has 5 rings (SSSR count). The van der Waals surface area contributed by atoms with E-state index in [1.165, 1.54) is 16.8 Å². The number of hydrogen-bond acceptors (Lipinski definition) is 2. The van der Waals surface area contributed by atoms with Crippen molar-refractivity contribution in [3.8, 4) is 0 Å². The summed E-state index contributed by atoms with van der Waals surface area (Å²) in [6.45, 7) is 0. The van der Waals surface area contributed by atoms with Crippen LogP contribution < -0.4 is 5.32 Å². The van der Waals surface area contributed by atoms with Crippen LogP contribution in [0.2, 0.25) is 0 Å². The standard InChI is InChI=1S/C25H21BrN2/c26-19-12-8-17(9-13-19)16-27-20-14-10-18(11-15-20)25-23-6-3-5-21(23)22-4-1-2-7-24(22)28-25/h1-5,7-16,21,23,25,28H,6H2. The second kappa shape index (κ2) is 7.40. The van der Waals surface area contributed by atoms with Gasteiger partial charge in [-0.3, -0.25) is 4.99 Å². The van der Waals surface area contributed by atoms with E-state index in [2.05, 4.69) is 99.1 Å². The highest BCUT2D eigenvalue weighted by molar-refractivity contribution is 9.10. The first-order valence-electron chi connectivity index (χ1n) is 9.70. The monoisotopic (exact) mass is 428 g/mol. The van der Waals surface area contributed by atoms with E-state index in [-0.39, 0.29) is 0 Å². The zero-order chi connectivity index (χ0) is 18.9. The molecule has 1 aliphatic carbocycles. The van der Waals surface area contributed by atoms with Gasteiger partial charge in [-0.05, 0) is 59.4 Å². The molecule has 1 N–H and O–H groups in total. The molecule has 0 saturated carbocycles. The lowest BCUT2D eigenvalue weighted by Gasteiger charge is -2.37. The Kier molecular flexibility index (Phi) is 4.61. The van der Waals surface area contributed by atoms with Crippen molar-refractivity contribution < 1.29 is 0 Å². The first kappa shape index (κ1) is 17.4. The molecule has 3 aromatic rings. The van der Waals surface area contributed by atoms with Gasteiger partial charge in [0.15, 0.2) is 0 Å². The van der Waals surface area contributed by atoms with Crippen molar-refractivity contribution in [2.45, 2.75) is 18.4 Å². The Bertz CT molecular complexity index is 1030. The highest BCUT2D eigenvalue weighted by Crippen LogP contribution is 2.49. The summed E-state index contributed by atoms with van der Waals surface area (Å²) < 4.78 is 1.08. The van der Waals surface area contributed by atoms with Gasteiger partial charge in [-0.2, -0.15) is 0 Å². The summed E-state index contributed by atoms with van der Waals surface area (Å²) in [6.07, 6.45) is 7.75. The number of rotatable bonds is 3. The van der Waals surface area contributed by atoms with Crippen molar-refractivity contribution in [2.24, 2.45) is 10.9 Å². The van der Waals surface area contributed by atoms with Crippen LogP contribution in [0.1, 0.15) is 35.1 Å². The van der Waals surface area contributed by atoms with E-state index in [9.17, 15) is 0 Å². The Morgan fingerprint density at radius 2 is 1.71 bits per heavy atom.